The number of ether oxygens (including phenoxy) is 1. The van der Waals surface area contributed by atoms with Gasteiger partial charge in [0.2, 0.25) is 0 Å². The summed E-state index contributed by atoms with van der Waals surface area (Å²) in [4.78, 5) is 24.1. The first-order valence-electron chi connectivity index (χ1n) is 8.32. The molecule has 0 heterocycles. The second-order valence-electron chi connectivity index (χ2n) is 6.78. The van der Waals surface area contributed by atoms with Crippen LogP contribution in [0.2, 0.25) is 0 Å². The van der Waals surface area contributed by atoms with Gasteiger partial charge in [-0.25, -0.2) is 0 Å². The van der Waals surface area contributed by atoms with Crippen molar-refractivity contribution in [3.63, 3.8) is 0 Å². The molecule has 0 radical (unpaired) electrons. The summed E-state index contributed by atoms with van der Waals surface area (Å²) >= 11 is 0. The Morgan fingerprint density at radius 2 is 1.87 bits per heavy atom. The van der Waals surface area contributed by atoms with Gasteiger partial charge in [0.05, 0.1) is 7.11 Å². The molecule has 2 amide bonds. The number of amides is 2. The minimum atomic E-state index is -0.620. The number of nitrogens with one attached hydrogen (secondary N) is 2. The molecule has 2 aliphatic carbocycles. The van der Waals surface area contributed by atoms with Gasteiger partial charge in [-0.3, -0.25) is 9.59 Å². The Kier molecular flexibility index (Phi) is 4.55. The molecule has 1 aromatic carbocycles. The highest BCUT2D eigenvalue weighted by atomic mass is 16.5. The molecule has 0 saturated heterocycles. The second kappa shape index (κ2) is 6.60. The van der Waals surface area contributed by atoms with Crippen molar-refractivity contribution in [1.29, 1.82) is 0 Å². The lowest BCUT2D eigenvalue weighted by Crippen LogP contribution is -2.45. The number of methoxy groups -OCH3 is 1. The van der Waals surface area contributed by atoms with Crippen molar-refractivity contribution in [3.05, 3.63) is 24.3 Å². The van der Waals surface area contributed by atoms with Crippen LogP contribution in [0.5, 0.6) is 5.75 Å². The van der Waals surface area contributed by atoms with E-state index in [4.69, 9.17) is 4.74 Å². The van der Waals surface area contributed by atoms with Crippen molar-refractivity contribution < 1.29 is 14.3 Å². The Bertz CT molecular complexity index is 584. The summed E-state index contributed by atoms with van der Waals surface area (Å²) in [6.07, 6.45) is 5.09. The third kappa shape index (κ3) is 3.49. The van der Waals surface area contributed by atoms with Crippen molar-refractivity contribution in [3.8, 4) is 5.75 Å². The summed E-state index contributed by atoms with van der Waals surface area (Å²) in [5.74, 6) is 1.60. The molecular formula is C18H24N2O3. The molecule has 0 spiro atoms. The van der Waals surface area contributed by atoms with Gasteiger partial charge in [0.15, 0.2) is 0 Å². The van der Waals surface area contributed by atoms with Crippen molar-refractivity contribution >= 4 is 17.5 Å². The fraction of sp³-hybridized carbons (Fsp3) is 0.556. The number of carbonyl (C=O) groups excluding carboxylic acids is 2. The zero-order valence-electron chi connectivity index (χ0n) is 13.7. The molecule has 1 aromatic rings. The van der Waals surface area contributed by atoms with Gasteiger partial charge in [-0.15, -0.1) is 0 Å². The summed E-state index contributed by atoms with van der Waals surface area (Å²) < 4.78 is 5.06. The quantitative estimate of drug-likeness (QED) is 0.839. The van der Waals surface area contributed by atoms with E-state index in [9.17, 15) is 9.59 Å². The van der Waals surface area contributed by atoms with E-state index in [-0.39, 0.29) is 6.04 Å². The van der Waals surface area contributed by atoms with Gasteiger partial charge >= 0.3 is 11.8 Å². The van der Waals surface area contributed by atoms with Crippen LogP contribution in [0.4, 0.5) is 5.69 Å². The molecule has 2 bridgehead atoms. The maximum atomic E-state index is 12.1. The molecule has 2 fully saturated rings. The molecule has 4 atom stereocenters. The summed E-state index contributed by atoms with van der Waals surface area (Å²) in [5, 5.41) is 5.49. The lowest BCUT2D eigenvalue weighted by Gasteiger charge is -2.28. The molecule has 2 aliphatic rings. The molecule has 0 aliphatic heterocycles. The second-order valence-corrected chi connectivity index (χ2v) is 6.78. The van der Waals surface area contributed by atoms with Gasteiger partial charge in [0.1, 0.15) is 5.75 Å². The van der Waals surface area contributed by atoms with Crippen LogP contribution in [-0.2, 0) is 9.59 Å². The van der Waals surface area contributed by atoms with Gasteiger partial charge in [-0.1, -0.05) is 6.42 Å². The molecule has 4 unspecified atom stereocenters. The van der Waals surface area contributed by atoms with Crippen LogP contribution in [0, 0.1) is 17.8 Å². The van der Waals surface area contributed by atoms with E-state index in [2.05, 4.69) is 10.6 Å². The standard InChI is InChI=1S/C18H24N2O3/c1-11(16-10-12-3-4-13(16)9-12)19-17(21)18(22)20-14-5-7-15(23-2)8-6-14/h5-8,11-13,16H,3-4,9-10H2,1-2H3,(H,19,21)(H,20,22). The molecule has 2 N–H and O–H groups in total. The third-order valence-electron chi connectivity index (χ3n) is 5.35. The Balaban J connectivity index is 1.51. The molecule has 5 heteroatoms. The maximum absolute atomic E-state index is 12.1. The van der Waals surface area contributed by atoms with Crippen LogP contribution >= 0.6 is 0 Å². The van der Waals surface area contributed by atoms with E-state index >= 15 is 0 Å². The number of fused-ring (bicyclic) bond motifs is 2. The van der Waals surface area contributed by atoms with Crippen molar-refractivity contribution in [1.82, 2.24) is 5.32 Å². The Labute approximate surface area is 136 Å². The van der Waals surface area contributed by atoms with Crippen LogP contribution in [0.3, 0.4) is 0 Å². The predicted molar refractivity (Wildman–Crippen MR) is 88.2 cm³/mol. The van der Waals surface area contributed by atoms with Gasteiger partial charge in [0.25, 0.3) is 0 Å². The number of hydrogen-bond donors (Lipinski definition) is 2. The molecule has 0 aromatic heterocycles. The summed E-state index contributed by atoms with van der Waals surface area (Å²) in [6.45, 7) is 2.02. The first-order valence-corrected chi connectivity index (χ1v) is 8.32. The highest BCUT2D eigenvalue weighted by molar-refractivity contribution is 6.39. The minimum Gasteiger partial charge on any atom is -0.497 e. The summed E-state index contributed by atoms with van der Waals surface area (Å²) in [5.41, 5.74) is 0.582. The molecule has 124 valence electrons. The summed E-state index contributed by atoms with van der Waals surface area (Å²) in [7, 11) is 1.58. The van der Waals surface area contributed by atoms with Crippen LogP contribution in [0.1, 0.15) is 32.6 Å². The fourth-order valence-corrected chi connectivity index (χ4v) is 4.15. The predicted octanol–water partition coefficient (Wildman–Crippen LogP) is 2.57. The molecule has 2 saturated carbocycles. The molecule has 3 rings (SSSR count). The lowest BCUT2D eigenvalue weighted by molar-refractivity contribution is -0.136. The fourth-order valence-electron chi connectivity index (χ4n) is 4.15. The molecule has 23 heavy (non-hydrogen) atoms. The van der Waals surface area contributed by atoms with E-state index in [1.807, 2.05) is 6.92 Å². The van der Waals surface area contributed by atoms with Crippen LogP contribution in [0.15, 0.2) is 24.3 Å². The number of benzene rings is 1. The van der Waals surface area contributed by atoms with Crippen LogP contribution in [0.25, 0.3) is 0 Å². The zero-order chi connectivity index (χ0) is 16.4. The van der Waals surface area contributed by atoms with Crippen molar-refractivity contribution in [2.24, 2.45) is 17.8 Å². The van der Waals surface area contributed by atoms with Gasteiger partial charge in [-0.2, -0.15) is 0 Å². The van der Waals surface area contributed by atoms with Gasteiger partial charge < -0.3 is 15.4 Å². The monoisotopic (exact) mass is 316 g/mol. The van der Waals surface area contributed by atoms with E-state index < -0.39 is 11.8 Å². The van der Waals surface area contributed by atoms with E-state index in [0.717, 1.165) is 11.8 Å². The lowest BCUT2D eigenvalue weighted by atomic mass is 9.84. The summed E-state index contributed by atoms with van der Waals surface area (Å²) in [6, 6.07) is 6.96. The van der Waals surface area contributed by atoms with E-state index in [1.165, 1.54) is 25.7 Å². The number of anilines is 1. The topological polar surface area (TPSA) is 67.4 Å². The third-order valence-corrected chi connectivity index (χ3v) is 5.35. The maximum Gasteiger partial charge on any atom is 0.313 e. The zero-order valence-corrected chi connectivity index (χ0v) is 13.7. The number of hydrogen-bond acceptors (Lipinski definition) is 3. The SMILES string of the molecule is COc1ccc(NC(=O)C(=O)NC(C)C2CC3CCC2C3)cc1. The number of rotatable bonds is 4. The highest BCUT2D eigenvalue weighted by Gasteiger charge is 2.42. The average molecular weight is 316 g/mol. The first-order chi connectivity index (χ1) is 11.1. The number of carbonyl (C=O) groups is 2. The van der Waals surface area contributed by atoms with Crippen LogP contribution in [-0.4, -0.2) is 25.0 Å². The highest BCUT2D eigenvalue weighted by Crippen LogP contribution is 2.49. The molecule has 5 nitrogen and oxygen atoms in total. The van der Waals surface area contributed by atoms with Crippen molar-refractivity contribution in [2.45, 2.75) is 38.6 Å². The normalized spacial score (nSPS) is 26.6. The van der Waals surface area contributed by atoms with Crippen LogP contribution < -0.4 is 15.4 Å². The largest absolute Gasteiger partial charge is 0.497 e. The van der Waals surface area contributed by atoms with Gasteiger partial charge in [-0.05, 0) is 68.2 Å². The smallest absolute Gasteiger partial charge is 0.313 e. The Morgan fingerprint density at radius 3 is 2.43 bits per heavy atom. The average Bonchev–Trinajstić information content (AvgIpc) is 3.18. The first kappa shape index (κ1) is 15.8. The van der Waals surface area contributed by atoms with Crippen molar-refractivity contribution in [2.75, 3.05) is 12.4 Å². The minimum absolute atomic E-state index is 0.0550. The Hall–Kier alpha value is -2.04. The Morgan fingerprint density at radius 1 is 1.13 bits per heavy atom. The van der Waals surface area contributed by atoms with E-state index in [1.54, 1.807) is 31.4 Å². The van der Waals surface area contributed by atoms with E-state index in [0.29, 0.717) is 17.4 Å². The van der Waals surface area contributed by atoms with Gasteiger partial charge in [0, 0.05) is 11.7 Å². The molecular weight excluding hydrogens is 292 g/mol.